The zero-order valence-corrected chi connectivity index (χ0v) is 12.8. The summed E-state index contributed by atoms with van der Waals surface area (Å²) in [6.07, 6.45) is 2.78. The van der Waals surface area contributed by atoms with Gasteiger partial charge in [0.1, 0.15) is 0 Å². The molecule has 104 valence electrons. The number of carboxylic acids is 1. The summed E-state index contributed by atoms with van der Waals surface area (Å²) in [4.78, 5) is 13.5. The van der Waals surface area contributed by atoms with Gasteiger partial charge < -0.3 is 5.11 Å². The topological polar surface area (TPSA) is 40.5 Å². The lowest BCUT2D eigenvalue weighted by molar-refractivity contribution is -0.144. The van der Waals surface area contributed by atoms with E-state index in [-0.39, 0.29) is 5.92 Å². The van der Waals surface area contributed by atoms with E-state index in [2.05, 4.69) is 39.9 Å². The highest BCUT2D eigenvalue weighted by atomic mass is 79.9. The van der Waals surface area contributed by atoms with Gasteiger partial charge in [-0.15, -0.1) is 0 Å². The lowest BCUT2D eigenvalue weighted by Crippen LogP contribution is -2.40. The molecule has 19 heavy (non-hydrogen) atoms. The minimum Gasteiger partial charge on any atom is -0.481 e. The lowest BCUT2D eigenvalue weighted by Gasteiger charge is -2.37. The molecule has 1 aliphatic heterocycles. The summed E-state index contributed by atoms with van der Waals surface area (Å²) < 4.78 is 1.08. The average Bonchev–Trinajstić information content (AvgIpc) is 2.40. The Morgan fingerprint density at radius 1 is 1.58 bits per heavy atom. The van der Waals surface area contributed by atoms with E-state index in [9.17, 15) is 9.90 Å². The van der Waals surface area contributed by atoms with Crippen molar-refractivity contribution in [3.63, 3.8) is 0 Å². The number of hydrogen-bond donors (Lipinski definition) is 1. The SMILES string of the molecule is CCC(c1cccc(Br)c1)N1CCCC(C(=O)O)C1. The molecule has 0 bridgehead atoms. The van der Waals surface area contributed by atoms with Crippen LogP contribution in [0.5, 0.6) is 0 Å². The summed E-state index contributed by atoms with van der Waals surface area (Å²) in [7, 11) is 0. The van der Waals surface area contributed by atoms with E-state index in [4.69, 9.17) is 0 Å². The first kappa shape index (κ1) is 14.5. The largest absolute Gasteiger partial charge is 0.481 e. The van der Waals surface area contributed by atoms with E-state index < -0.39 is 5.97 Å². The molecule has 1 aromatic carbocycles. The summed E-state index contributed by atoms with van der Waals surface area (Å²) >= 11 is 3.51. The third-order valence-electron chi connectivity index (χ3n) is 3.86. The van der Waals surface area contributed by atoms with E-state index in [0.717, 1.165) is 30.3 Å². The van der Waals surface area contributed by atoms with Crippen LogP contribution in [0.2, 0.25) is 0 Å². The van der Waals surface area contributed by atoms with Crippen molar-refractivity contribution in [2.45, 2.75) is 32.2 Å². The normalized spacial score (nSPS) is 22.1. The summed E-state index contributed by atoms with van der Waals surface area (Å²) in [5.41, 5.74) is 1.27. The number of hydrogen-bond acceptors (Lipinski definition) is 2. The fourth-order valence-corrected chi connectivity index (χ4v) is 3.33. The number of benzene rings is 1. The molecule has 2 atom stereocenters. The highest BCUT2D eigenvalue weighted by molar-refractivity contribution is 9.10. The van der Waals surface area contributed by atoms with Crippen LogP contribution >= 0.6 is 15.9 Å². The van der Waals surface area contributed by atoms with E-state index in [1.54, 1.807) is 0 Å². The Morgan fingerprint density at radius 3 is 3.00 bits per heavy atom. The van der Waals surface area contributed by atoms with Crippen LogP contribution in [0.1, 0.15) is 37.8 Å². The van der Waals surface area contributed by atoms with Gasteiger partial charge in [0.25, 0.3) is 0 Å². The lowest BCUT2D eigenvalue weighted by atomic mass is 9.94. The summed E-state index contributed by atoms with van der Waals surface area (Å²) in [6.45, 7) is 3.82. The summed E-state index contributed by atoms with van der Waals surface area (Å²) in [5, 5.41) is 9.19. The number of carbonyl (C=O) groups is 1. The molecule has 3 nitrogen and oxygen atoms in total. The molecule has 0 amide bonds. The van der Waals surface area contributed by atoms with Crippen molar-refractivity contribution in [1.29, 1.82) is 0 Å². The van der Waals surface area contributed by atoms with E-state index in [1.165, 1.54) is 5.56 Å². The molecule has 0 radical (unpaired) electrons. The first-order valence-electron chi connectivity index (χ1n) is 6.84. The van der Waals surface area contributed by atoms with Crippen molar-refractivity contribution in [3.8, 4) is 0 Å². The number of halogens is 1. The predicted molar refractivity (Wildman–Crippen MR) is 79.1 cm³/mol. The fraction of sp³-hybridized carbons (Fsp3) is 0.533. The van der Waals surface area contributed by atoms with Crippen LogP contribution in [0.4, 0.5) is 0 Å². The minimum absolute atomic E-state index is 0.213. The molecule has 1 fully saturated rings. The van der Waals surface area contributed by atoms with Gasteiger partial charge in [-0.1, -0.05) is 35.0 Å². The van der Waals surface area contributed by atoms with Crippen LogP contribution in [-0.2, 0) is 4.79 Å². The molecule has 2 rings (SSSR count). The van der Waals surface area contributed by atoms with Crippen molar-refractivity contribution < 1.29 is 9.90 Å². The molecular weight excluding hydrogens is 306 g/mol. The minimum atomic E-state index is -0.659. The van der Waals surface area contributed by atoms with Gasteiger partial charge in [-0.3, -0.25) is 9.69 Å². The maximum Gasteiger partial charge on any atom is 0.307 e. The Labute approximate surface area is 122 Å². The summed E-state index contributed by atoms with van der Waals surface area (Å²) in [6, 6.07) is 8.65. The monoisotopic (exact) mass is 325 g/mol. The third-order valence-corrected chi connectivity index (χ3v) is 4.36. The zero-order chi connectivity index (χ0) is 13.8. The van der Waals surface area contributed by atoms with E-state index in [0.29, 0.717) is 12.6 Å². The Morgan fingerprint density at radius 2 is 2.37 bits per heavy atom. The summed E-state index contributed by atoms with van der Waals surface area (Å²) in [5.74, 6) is -0.872. The predicted octanol–water partition coefficient (Wildman–Crippen LogP) is 3.70. The number of aliphatic carboxylic acids is 1. The highest BCUT2D eigenvalue weighted by Gasteiger charge is 2.29. The molecular formula is C15H20BrNO2. The average molecular weight is 326 g/mol. The number of likely N-dealkylation sites (tertiary alicyclic amines) is 1. The highest BCUT2D eigenvalue weighted by Crippen LogP contribution is 2.30. The quantitative estimate of drug-likeness (QED) is 0.917. The first-order valence-corrected chi connectivity index (χ1v) is 7.63. The van der Waals surface area contributed by atoms with Gasteiger partial charge in [0.05, 0.1) is 5.92 Å². The van der Waals surface area contributed by atoms with Gasteiger partial charge in [-0.2, -0.15) is 0 Å². The van der Waals surface area contributed by atoms with Crippen molar-refractivity contribution in [2.24, 2.45) is 5.92 Å². The number of nitrogens with zero attached hydrogens (tertiary/aromatic N) is 1. The molecule has 1 heterocycles. The van der Waals surface area contributed by atoms with Crippen LogP contribution in [0.15, 0.2) is 28.7 Å². The molecule has 2 unspecified atom stereocenters. The van der Waals surface area contributed by atoms with Gasteiger partial charge in [-0.25, -0.2) is 0 Å². The van der Waals surface area contributed by atoms with Gasteiger partial charge >= 0.3 is 5.97 Å². The van der Waals surface area contributed by atoms with Crippen molar-refractivity contribution in [3.05, 3.63) is 34.3 Å². The molecule has 1 N–H and O–H groups in total. The second-order valence-corrected chi connectivity index (χ2v) is 6.07. The third kappa shape index (κ3) is 3.57. The van der Waals surface area contributed by atoms with Crippen molar-refractivity contribution in [1.82, 2.24) is 4.90 Å². The molecule has 1 aromatic rings. The number of rotatable bonds is 4. The van der Waals surface area contributed by atoms with Crippen molar-refractivity contribution in [2.75, 3.05) is 13.1 Å². The van der Waals surface area contributed by atoms with Crippen LogP contribution in [0, 0.1) is 5.92 Å². The smallest absolute Gasteiger partial charge is 0.307 e. The molecule has 1 aliphatic rings. The Kier molecular flexibility index (Phi) is 4.99. The molecule has 0 aromatic heterocycles. The zero-order valence-electron chi connectivity index (χ0n) is 11.2. The van der Waals surface area contributed by atoms with E-state index >= 15 is 0 Å². The molecule has 4 heteroatoms. The molecule has 1 saturated heterocycles. The first-order chi connectivity index (χ1) is 9.11. The standard InChI is InChI=1S/C15H20BrNO2/c1-2-14(11-5-3-7-13(16)9-11)17-8-4-6-12(10-17)15(18)19/h3,5,7,9,12,14H,2,4,6,8,10H2,1H3,(H,18,19). The maximum absolute atomic E-state index is 11.2. The Hall–Kier alpha value is -0.870. The second kappa shape index (κ2) is 6.53. The number of piperidine rings is 1. The van der Waals surface area contributed by atoms with Crippen LogP contribution < -0.4 is 0 Å². The van der Waals surface area contributed by atoms with Crippen LogP contribution in [-0.4, -0.2) is 29.1 Å². The molecule has 0 saturated carbocycles. The molecule has 0 aliphatic carbocycles. The van der Waals surface area contributed by atoms with Crippen LogP contribution in [0.3, 0.4) is 0 Å². The van der Waals surface area contributed by atoms with Gasteiger partial charge in [-0.05, 0) is 43.5 Å². The Bertz CT molecular complexity index is 450. The number of carboxylic acid groups (broad SMARTS) is 1. The van der Waals surface area contributed by atoms with Gasteiger partial charge in [0.2, 0.25) is 0 Å². The molecule has 0 spiro atoms. The Balaban J connectivity index is 2.15. The van der Waals surface area contributed by atoms with Crippen LogP contribution in [0.25, 0.3) is 0 Å². The van der Waals surface area contributed by atoms with Crippen molar-refractivity contribution >= 4 is 21.9 Å². The van der Waals surface area contributed by atoms with Gasteiger partial charge in [0.15, 0.2) is 0 Å². The fourth-order valence-electron chi connectivity index (χ4n) is 2.91. The second-order valence-electron chi connectivity index (χ2n) is 5.15. The van der Waals surface area contributed by atoms with Gasteiger partial charge in [0, 0.05) is 17.1 Å². The van der Waals surface area contributed by atoms with E-state index in [1.807, 2.05) is 12.1 Å². The maximum atomic E-state index is 11.2.